The number of nitrogens with one attached hydrogen (secondary N) is 4. The monoisotopic (exact) mass is 597 g/mol. The van der Waals surface area contributed by atoms with Crippen molar-refractivity contribution in [2.75, 3.05) is 157 Å². The Morgan fingerprint density at radius 2 is 0.829 bits per heavy atom. The highest BCUT2D eigenvalue weighted by Crippen LogP contribution is 1.90. The fourth-order valence-electron chi connectivity index (χ4n) is 3.87. The molecule has 2 atom stereocenters. The maximum absolute atomic E-state index is 10.1. The number of aliphatic hydroxyl groups excluding tert-OH is 2. The second-order valence-electron chi connectivity index (χ2n) is 9.82. The molecule has 0 bridgehead atoms. The highest BCUT2D eigenvalue weighted by molar-refractivity contribution is 4.66. The van der Waals surface area contributed by atoms with E-state index in [1.165, 1.54) is 0 Å². The predicted octanol–water partition coefficient (Wildman–Crippen LogP) is -5.44. The van der Waals surface area contributed by atoms with E-state index in [9.17, 15) is 10.2 Å². The number of hydrogen-bond donors (Lipinski definition) is 10. The predicted molar refractivity (Wildman–Crippen MR) is 165 cm³/mol. The molecule has 15 nitrogen and oxygen atoms in total. The Bertz CT molecular complexity index is 477. The van der Waals surface area contributed by atoms with Crippen LogP contribution in [0.5, 0.6) is 0 Å². The van der Waals surface area contributed by atoms with Crippen molar-refractivity contribution >= 4 is 0 Å². The Kier molecular flexibility index (Phi) is 31.8. The van der Waals surface area contributed by atoms with Gasteiger partial charge in [0.2, 0.25) is 0 Å². The van der Waals surface area contributed by atoms with E-state index in [1.807, 2.05) is 0 Å². The van der Waals surface area contributed by atoms with Gasteiger partial charge in [0.05, 0.1) is 51.8 Å². The molecule has 0 aromatic rings. The maximum Gasteiger partial charge on any atom is 0.0897 e. The Morgan fingerprint density at radius 1 is 0.463 bits per heavy atom. The first kappa shape index (κ1) is 40.4. The summed E-state index contributed by atoms with van der Waals surface area (Å²) in [4.78, 5) is 4.56. The average molecular weight is 597 g/mol. The Hall–Kier alpha value is -0.600. The van der Waals surface area contributed by atoms with Crippen molar-refractivity contribution in [1.82, 2.24) is 31.1 Å². The summed E-state index contributed by atoms with van der Waals surface area (Å²) in [5, 5.41) is 33.2. The molecule has 248 valence electrons. The van der Waals surface area contributed by atoms with Crippen LogP contribution in [-0.2, 0) is 14.2 Å². The van der Waals surface area contributed by atoms with E-state index in [-0.39, 0.29) is 13.2 Å². The van der Waals surface area contributed by atoms with Crippen molar-refractivity contribution < 1.29 is 24.4 Å². The maximum atomic E-state index is 10.1. The number of rotatable bonds is 34. The van der Waals surface area contributed by atoms with Crippen molar-refractivity contribution in [2.45, 2.75) is 12.2 Å². The summed E-state index contributed by atoms with van der Waals surface area (Å²) >= 11 is 0. The van der Waals surface area contributed by atoms with Crippen LogP contribution in [0.4, 0.5) is 0 Å². The zero-order chi connectivity index (χ0) is 30.2. The van der Waals surface area contributed by atoms with Crippen molar-refractivity contribution in [3.8, 4) is 0 Å². The molecule has 0 aliphatic carbocycles. The quantitative estimate of drug-likeness (QED) is 0.0313. The summed E-state index contributed by atoms with van der Waals surface area (Å²) in [6.45, 7) is 15.7. The molecule has 0 spiro atoms. The van der Waals surface area contributed by atoms with E-state index in [4.69, 9.17) is 37.1 Å². The molecule has 0 amide bonds. The normalized spacial score (nSPS) is 13.5. The number of aliphatic hydroxyl groups is 2. The first-order chi connectivity index (χ1) is 20.1. The van der Waals surface area contributed by atoms with Crippen LogP contribution in [0.3, 0.4) is 0 Å². The summed E-state index contributed by atoms with van der Waals surface area (Å²) in [5.41, 5.74) is 22.4. The van der Waals surface area contributed by atoms with Crippen molar-refractivity contribution in [3.63, 3.8) is 0 Å². The number of nitrogens with two attached hydrogens (primary N) is 4. The summed E-state index contributed by atoms with van der Waals surface area (Å²) in [6.07, 6.45) is -1.16. The van der Waals surface area contributed by atoms with E-state index in [1.54, 1.807) is 0 Å². The van der Waals surface area contributed by atoms with Gasteiger partial charge in [-0.25, -0.2) is 0 Å². The molecule has 0 aliphatic rings. The van der Waals surface area contributed by atoms with Crippen molar-refractivity contribution in [1.29, 1.82) is 0 Å². The standard InChI is InChI=1S/C26H64N10O5/c27-1-5-31-7-13-35(11-3-29)15-9-33-21-25(37)23-40-19-17-39-18-20-41-24-26(38)22-34-10-16-36(12-4-30)14-8-32-6-2-28/h25-26,31-34,37-38H,1-24,27-30H2. The van der Waals surface area contributed by atoms with Gasteiger partial charge in [0.1, 0.15) is 0 Å². The lowest BCUT2D eigenvalue weighted by molar-refractivity contribution is -0.0209. The summed E-state index contributed by atoms with van der Waals surface area (Å²) < 4.78 is 16.5. The minimum atomic E-state index is -0.579. The molecular formula is C26H64N10O5. The molecule has 0 radical (unpaired) electrons. The fourth-order valence-corrected chi connectivity index (χ4v) is 3.87. The molecule has 0 aromatic heterocycles. The van der Waals surface area contributed by atoms with E-state index >= 15 is 0 Å². The van der Waals surface area contributed by atoms with E-state index < -0.39 is 12.2 Å². The first-order valence-corrected chi connectivity index (χ1v) is 15.2. The second-order valence-corrected chi connectivity index (χ2v) is 9.82. The highest BCUT2D eigenvalue weighted by atomic mass is 16.5. The molecule has 14 N–H and O–H groups in total. The molecule has 0 aliphatic heterocycles. The Labute approximate surface area is 248 Å². The lowest BCUT2D eigenvalue weighted by atomic mass is 10.3. The van der Waals surface area contributed by atoms with Gasteiger partial charge in [-0.15, -0.1) is 0 Å². The highest BCUT2D eigenvalue weighted by Gasteiger charge is 2.08. The largest absolute Gasteiger partial charge is 0.389 e. The lowest BCUT2D eigenvalue weighted by Crippen LogP contribution is -2.41. The van der Waals surface area contributed by atoms with E-state index in [0.29, 0.717) is 65.7 Å². The zero-order valence-corrected chi connectivity index (χ0v) is 25.4. The zero-order valence-electron chi connectivity index (χ0n) is 25.4. The van der Waals surface area contributed by atoms with Gasteiger partial charge in [-0.2, -0.15) is 0 Å². The van der Waals surface area contributed by atoms with Gasteiger partial charge < -0.3 is 68.6 Å². The molecule has 0 saturated carbocycles. The molecule has 15 heteroatoms. The fraction of sp³-hybridized carbons (Fsp3) is 1.00. The van der Waals surface area contributed by atoms with Crippen LogP contribution in [0.15, 0.2) is 0 Å². The van der Waals surface area contributed by atoms with Gasteiger partial charge in [0.15, 0.2) is 0 Å². The van der Waals surface area contributed by atoms with Gasteiger partial charge in [-0.3, -0.25) is 9.80 Å². The smallest absolute Gasteiger partial charge is 0.0897 e. The SMILES string of the molecule is NCCNCCN(CCN)CCNCC(O)COCCOCCOCC(O)CNCCN(CCN)CCNCCN. The van der Waals surface area contributed by atoms with Crippen LogP contribution < -0.4 is 44.2 Å². The van der Waals surface area contributed by atoms with Gasteiger partial charge in [0.25, 0.3) is 0 Å². The Balaban J connectivity index is 3.58. The lowest BCUT2D eigenvalue weighted by Gasteiger charge is -2.22. The summed E-state index contributed by atoms with van der Waals surface area (Å²) in [5.74, 6) is 0. The molecule has 41 heavy (non-hydrogen) atoms. The van der Waals surface area contributed by atoms with Crippen LogP contribution in [0.2, 0.25) is 0 Å². The third-order valence-corrected chi connectivity index (χ3v) is 6.08. The molecular weight excluding hydrogens is 532 g/mol. The van der Waals surface area contributed by atoms with Gasteiger partial charge in [-0.1, -0.05) is 0 Å². The molecule has 0 fully saturated rings. The topological polar surface area (TPSA) is 227 Å². The molecule has 2 unspecified atom stereocenters. The van der Waals surface area contributed by atoms with Crippen molar-refractivity contribution in [3.05, 3.63) is 0 Å². The van der Waals surface area contributed by atoms with E-state index in [2.05, 4.69) is 31.1 Å². The number of nitrogens with zero attached hydrogens (tertiary/aromatic N) is 2. The van der Waals surface area contributed by atoms with Gasteiger partial charge >= 0.3 is 0 Å². The van der Waals surface area contributed by atoms with Crippen LogP contribution in [0.1, 0.15) is 0 Å². The second kappa shape index (κ2) is 32.3. The average Bonchev–Trinajstić information content (AvgIpc) is 2.96. The van der Waals surface area contributed by atoms with Crippen LogP contribution in [0, 0.1) is 0 Å². The third kappa shape index (κ3) is 29.3. The minimum absolute atomic E-state index is 0.247. The van der Waals surface area contributed by atoms with Crippen LogP contribution in [-0.4, -0.2) is 190 Å². The number of hydrogen-bond acceptors (Lipinski definition) is 15. The van der Waals surface area contributed by atoms with Crippen LogP contribution >= 0.6 is 0 Å². The van der Waals surface area contributed by atoms with E-state index in [0.717, 1.165) is 78.5 Å². The Morgan fingerprint density at radius 3 is 1.20 bits per heavy atom. The summed E-state index contributed by atoms with van der Waals surface area (Å²) in [6, 6.07) is 0. The molecule has 0 heterocycles. The third-order valence-electron chi connectivity index (χ3n) is 6.08. The minimum Gasteiger partial charge on any atom is -0.389 e. The molecule has 0 rings (SSSR count). The molecule has 0 aromatic carbocycles. The first-order valence-electron chi connectivity index (χ1n) is 15.2. The van der Waals surface area contributed by atoms with Crippen molar-refractivity contribution in [2.24, 2.45) is 22.9 Å². The van der Waals surface area contributed by atoms with Gasteiger partial charge in [-0.05, 0) is 0 Å². The number of ether oxygens (including phenoxy) is 3. The summed E-state index contributed by atoms with van der Waals surface area (Å²) in [7, 11) is 0. The van der Waals surface area contributed by atoms with Crippen LogP contribution in [0.25, 0.3) is 0 Å². The molecule has 0 saturated heterocycles. The van der Waals surface area contributed by atoms with Gasteiger partial charge in [0, 0.05) is 118 Å².